The van der Waals surface area contributed by atoms with Gasteiger partial charge in [0.05, 0.1) is 22.2 Å². The summed E-state index contributed by atoms with van der Waals surface area (Å²) in [5.41, 5.74) is 8.20. The summed E-state index contributed by atoms with van der Waals surface area (Å²) in [5, 5.41) is 19.7. The summed E-state index contributed by atoms with van der Waals surface area (Å²) in [6.45, 7) is 0. The molecule has 148 valence electrons. The minimum absolute atomic E-state index is 0.0349. The van der Waals surface area contributed by atoms with Gasteiger partial charge in [-0.1, -0.05) is 12.1 Å². The Morgan fingerprint density at radius 1 is 0.935 bits per heavy atom. The normalized spacial score (nSPS) is 11.0. The molecule has 0 aliphatic carbocycles. The van der Waals surface area contributed by atoms with Gasteiger partial charge in [-0.15, -0.1) is 0 Å². The topological polar surface area (TPSA) is 104 Å². The molecule has 3 aromatic heterocycles. The molecule has 3 heterocycles. The maximum Gasteiger partial charge on any atom is 0.158 e. The van der Waals surface area contributed by atoms with Crippen LogP contribution in [0, 0.1) is 34.3 Å². The van der Waals surface area contributed by atoms with Crippen molar-refractivity contribution in [3.05, 3.63) is 77.4 Å². The Morgan fingerprint density at radius 2 is 1.68 bits per heavy atom. The molecule has 0 radical (unpaired) electrons. The third-order valence-corrected chi connectivity index (χ3v) is 5.05. The average molecular weight is 411 g/mol. The van der Waals surface area contributed by atoms with Crippen LogP contribution in [0.5, 0.6) is 0 Å². The standard InChI is InChI=1S/C23H11F2N5O/c24-12-5-6-13(16(25)9-12)19-7-8-20(31-19)21-14(10-26)22(28)30-18-4-2-1-3-17(18)29-23(30)15(21)11-27/h1-9H,28H2. The van der Waals surface area contributed by atoms with E-state index < -0.39 is 11.6 Å². The van der Waals surface area contributed by atoms with Gasteiger partial charge in [-0.2, -0.15) is 10.5 Å². The summed E-state index contributed by atoms with van der Waals surface area (Å²) in [7, 11) is 0. The fraction of sp³-hybridized carbons (Fsp3) is 0. The quantitative estimate of drug-likeness (QED) is 0.439. The van der Waals surface area contributed by atoms with E-state index in [1.54, 1.807) is 28.7 Å². The molecule has 0 spiro atoms. The molecule has 0 unspecified atom stereocenters. The van der Waals surface area contributed by atoms with E-state index in [1.165, 1.54) is 18.2 Å². The average Bonchev–Trinajstić information content (AvgIpc) is 3.38. The van der Waals surface area contributed by atoms with Crippen LogP contribution in [0.2, 0.25) is 0 Å². The minimum Gasteiger partial charge on any atom is -0.456 e. The second-order valence-electron chi connectivity index (χ2n) is 6.78. The van der Waals surface area contributed by atoms with Crippen molar-refractivity contribution in [1.29, 1.82) is 10.5 Å². The molecule has 0 aliphatic heterocycles. The molecule has 6 nitrogen and oxygen atoms in total. The number of imidazole rings is 1. The van der Waals surface area contributed by atoms with Crippen molar-refractivity contribution in [3.63, 3.8) is 0 Å². The van der Waals surface area contributed by atoms with Gasteiger partial charge in [-0.05, 0) is 36.4 Å². The van der Waals surface area contributed by atoms with E-state index in [0.717, 1.165) is 12.1 Å². The molecule has 0 amide bonds. The van der Waals surface area contributed by atoms with Gasteiger partial charge in [-0.25, -0.2) is 13.8 Å². The first kappa shape index (κ1) is 18.3. The van der Waals surface area contributed by atoms with Crippen LogP contribution in [0.4, 0.5) is 14.6 Å². The number of nitrogens with two attached hydrogens (primary N) is 1. The van der Waals surface area contributed by atoms with Crippen molar-refractivity contribution in [1.82, 2.24) is 9.38 Å². The summed E-state index contributed by atoms with van der Waals surface area (Å²) >= 11 is 0. The zero-order valence-electron chi connectivity index (χ0n) is 15.7. The van der Waals surface area contributed by atoms with E-state index in [9.17, 15) is 19.3 Å². The highest BCUT2D eigenvalue weighted by atomic mass is 19.1. The molecular weight excluding hydrogens is 400 g/mol. The Bertz CT molecular complexity index is 1600. The van der Waals surface area contributed by atoms with Crippen LogP contribution < -0.4 is 5.73 Å². The molecule has 2 N–H and O–H groups in total. The number of pyridine rings is 1. The molecule has 8 heteroatoms. The molecule has 31 heavy (non-hydrogen) atoms. The lowest BCUT2D eigenvalue weighted by molar-refractivity contribution is 0.567. The fourth-order valence-corrected chi connectivity index (χ4v) is 3.69. The number of aromatic nitrogens is 2. The van der Waals surface area contributed by atoms with Crippen LogP contribution in [-0.2, 0) is 0 Å². The van der Waals surface area contributed by atoms with Crippen LogP contribution in [-0.4, -0.2) is 9.38 Å². The van der Waals surface area contributed by atoms with Crippen LogP contribution in [0.1, 0.15) is 11.1 Å². The Balaban J connectivity index is 1.82. The van der Waals surface area contributed by atoms with Gasteiger partial charge in [-0.3, -0.25) is 4.40 Å². The van der Waals surface area contributed by atoms with E-state index >= 15 is 0 Å². The third kappa shape index (κ3) is 2.63. The smallest absolute Gasteiger partial charge is 0.158 e. The second kappa shape index (κ2) is 6.68. The molecule has 0 fully saturated rings. The maximum absolute atomic E-state index is 14.2. The summed E-state index contributed by atoms with van der Waals surface area (Å²) in [6.07, 6.45) is 0. The number of rotatable bonds is 2. The van der Waals surface area contributed by atoms with Crippen molar-refractivity contribution in [2.24, 2.45) is 0 Å². The van der Waals surface area contributed by atoms with E-state index in [1.807, 2.05) is 6.07 Å². The van der Waals surface area contributed by atoms with Gasteiger partial charge in [0.25, 0.3) is 0 Å². The summed E-state index contributed by atoms with van der Waals surface area (Å²) in [5.74, 6) is -1.14. The van der Waals surface area contributed by atoms with Crippen LogP contribution in [0.15, 0.2) is 59.0 Å². The van der Waals surface area contributed by atoms with Gasteiger partial charge in [0.15, 0.2) is 5.65 Å². The first-order valence-corrected chi connectivity index (χ1v) is 9.12. The predicted octanol–water partition coefficient (Wildman–Crippen LogP) is 5.02. The SMILES string of the molecule is N#Cc1c(-c2ccc(-c3ccc(F)cc3F)o2)c(C#N)c2nc3ccccc3n2c1N. The molecular formula is C23H11F2N5O. The highest BCUT2D eigenvalue weighted by molar-refractivity contribution is 5.91. The fourth-order valence-electron chi connectivity index (χ4n) is 3.69. The summed E-state index contributed by atoms with van der Waals surface area (Å²) in [4.78, 5) is 4.50. The number of furan rings is 1. The molecule has 5 rings (SSSR count). The lowest BCUT2D eigenvalue weighted by Crippen LogP contribution is -2.05. The lowest BCUT2D eigenvalue weighted by Gasteiger charge is -2.10. The van der Waals surface area contributed by atoms with Crippen molar-refractivity contribution >= 4 is 22.5 Å². The first-order valence-electron chi connectivity index (χ1n) is 9.12. The zero-order chi connectivity index (χ0) is 21.7. The molecule has 0 saturated heterocycles. The number of hydrogen-bond acceptors (Lipinski definition) is 5. The summed E-state index contributed by atoms with van der Waals surface area (Å²) in [6, 6.07) is 17.4. The predicted molar refractivity (Wildman–Crippen MR) is 110 cm³/mol. The van der Waals surface area contributed by atoms with Crippen LogP contribution >= 0.6 is 0 Å². The van der Waals surface area contributed by atoms with E-state index in [2.05, 4.69) is 11.1 Å². The van der Waals surface area contributed by atoms with E-state index in [-0.39, 0.29) is 45.2 Å². The number of nitrogen functional groups attached to an aromatic ring is 1. The number of anilines is 1. The molecule has 5 aromatic rings. The van der Waals surface area contributed by atoms with Gasteiger partial charge < -0.3 is 10.2 Å². The zero-order valence-corrected chi connectivity index (χ0v) is 15.7. The highest BCUT2D eigenvalue weighted by Crippen LogP contribution is 2.38. The maximum atomic E-state index is 14.2. The van der Waals surface area contributed by atoms with Crippen molar-refractivity contribution in [2.75, 3.05) is 5.73 Å². The Labute approximate surface area is 174 Å². The first-order chi connectivity index (χ1) is 15.0. The number of fused-ring (bicyclic) bond motifs is 3. The molecule has 0 aliphatic rings. The van der Waals surface area contributed by atoms with Crippen molar-refractivity contribution < 1.29 is 13.2 Å². The van der Waals surface area contributed by atoms with Gasteiger partial charge in [0, 0.05) is 6.07 Å². The van der Waals surface area contributed by atoms with Crippen LogP contribution in [0.3, 0.4) is 0 Å². The van der Waals surface area contributed by atoms with Crippen LogP contribution in [0.25, 0.3) is 39.3 Å². The van der Waals surface area contributed by atoms with E-state index in [0.29, 0.717) is 11.0 Å². The Hall–Kier alpha value is -4.69. The van der Waals surface area contributed by atoms with Crippen molar-refractivity contribution in [3.8, 4) is 34.8 Å². The minimum atomic E-state index is -0.795. The molecule has 0 bridgehead atoms. The second-order valence-corrected chi connectivity index (χ2v) is 6.78. The summed E-state index contributed by atoms with van der Waals surface area (Å²) < 4.78 is 34.8. The van der Waals surface area contributed by atoms with Crippen molar-refractivity contribution in [2.45, 2.75) is 0 Å². The number of halogens is 2. The number of nitrogens with zero attached hydrogens (tertiary/aromatic N) is 4. The highest BCUT2D eigenvalue weighted by Gasteiger charge is 2.25. The Kier molecular flexibility index (Phi) is 3.95. The lowest BCUT2D eigenvalue weighted by atomic mass is 10.0. The van der Waals surface area contributed by atoms with Gasteiger partial charge >= 0.3 is 0 Å². The molecule has 0 atom stereocenters. The van der Waals surface area contributed by atoms with E-state index in [4.69, 9.17) is 10.2 Å². The third-order valence-electron chi connectivity index (χ3n) is 5.05. The largest absolute Gasteiger partial charge is 0.456 e. The number of nitriles is 2. The Morgan fingerprint density at radius 3 is 2.42 bits per heavy atom. The number of hydrogen-bond donors (Lipinski definition) is 1. The van der Waals surface area contributed by atoms with Gasteiger partial charge in [0.1, 0.15) is 52.2 Å². The number of para-hydroxylation sites is 2. The number of benzene rings is 2. The molecule has 2 aromatic carbocycles. The van der Waals surface area contributed by atoms with Gasteiger partial charge in [0.2, 0.25) is 0 Å². The molecule has 0 saturated carbocycles. The monoisotopic (exact) mass is 411 g/mol.